The van der Waals surface area contributed by atoms with E-state index in [-0.39, 0.29) is 23.5 Å². The van der Waals surface area contributed by atoms with E-state index in [0.717, 1.165) is 12.8 Å². The van der Waals surface area contributed by atoms with E-state index < -0.39 is 0 Å². The van der Waals surface area contributed by atoms with Gasteiger partial charge in [-0.15, -0.1) is 11.3 Å². The summed E-state index contributed by atoms with van der Waals surface area (Å²) in [7, 11) is 1.77. The van der Waals surface area contributed by atoms with Gasteiger partial charge in [0.15, 0.2) is 5.82 Å². The van der Waals surface area contributed by atoms with Gasteiger partial charge in [0.05, 0.1) is 10.8 Å². The lowest BCUT2D eigenvalue weighted by Gasteiger charge is -2.31. The van der Waals surface area contributed by atoms with Gasteiger partial charge in [0.2, 0.25) is 11.7 Å². The quantitative estimate of drug-likeness (QED) is 0.640. The van der Waals surface area contributed by atoms with E-state index in [4.69, 9.17) is 0 Å². The number of hydrogen-bond donors (Lipinski definition) is 1. The van der Waals surface area contributed by atoms with Crippen LogP contribution < -0.4 is 5.32 Å². The van der Waals surface area contributed by atoms with Gasteiger partial charge in [-0.05, 0) is 48.6 Å². The molecule has 2 aromatic heterocycles. The summed E-state index contributed by atoms with van der Waals surface area (Å²) in [6, 6.07) is 10.5. The average Bonchev–Trinajstić information content (AvgIpc) is 3.45. The molecule has 154 valence electrons. The third-order valence-electron chi connectivity index (χ3n) is 5.25. The fourth-order valence-corrected chi connectivity index (χ4v) is 4.29. The van der Waals surface area contributed by atoms with Crippen molar-refractivity contribution in [2.24, 2.45) is 13.0 Å². The van der Waals surface area contributed by atoms with Gasteiger partial charge in [-0.25, -0.2) is 4.98 Å². The second-order valence-corrected chi connectivity index (χ2v) is 8.27. The van der Waals surface area contributed by atoms with Crippen LogP contribution in [0, 0.1) is 5.92 Å². The average molecular weight is 423 g/mol. The van der Waals surface area contributed by atoms with Crippen LogP contribution in [0.4, 0.5) is 5.69 Å². The van der Waals surface area contributed by atoms with Crippen molar-refractivity contribution in [3.05, 3.63) is 70.4 Å². The van der Waals surface area contributed by atoms with Crippen molar-refractivity contribution < 1.29 is 14.4 Å². The second-order valence-electron chi connectivity index (χ2n) is 7.33. The van der Waals surface area contributed by atoms with Gasteiger partial charge in [0.1, 0.15) is 0 Å². The first-order valence-corrected chi connectivity index (χ1v) is 10.7. The Labute approximate surface area is 178 Å². The Balaban J connectivity index is 1.38. The number of nitrogens with one attached hydrogen (secondary N) is 1. The zero-order valence-electron chi connectivity index (χ0n) is 16.6. The van der Waals surface area contributed by atoms with Gasteiger partial charge in [0, 0.05) is 43.8 Å². The highest BCUT2D eigenvalue weighted by molar-refractivity contribution is 7.12. The summed E-state index contributed by atoms with van der Waals surface area (Å²) >= 11 is 1.42. The van der Waals surface area contributed by atoms with Gasteiger partial charge < -0.3 is 14.8 Å². The number of imidazole rings is 1. The molecule has 8 heteroatoms. The molecule has 7 nitrogen and oxygen atoms in total. The minimum atomic E-state index is -0.253. The Morgan fingerprint density at radius 1 is 1.17 bits per heavy atom. The number of carbonyl (C=O) groups excluding carboxylic acids is 3. The molecule has 0 unspecified atom stereocenters. The van der Waals surface area contributed by atoms with Gasteiger partial charge in [0.25, 0.3) is 5.91 Å². The SMILES string of the molecule is Cn1ccnc1C(=O)c1ccc(NC(=O)[C@H]2CCCN(C(=O)c3cccs3)C2)cc1. The lowest BCUT2D eigenvalue weighted by molar-refractivity contribution is -0.121. The summed E-state index contributed by atoms with van der Waals surface area (Å²) in [5.41, 5.74) is 1.13. The monoisotopic (exact) mass is 422 g/mol. The summed E-state index contributed by atoms with van der Waals surface area (Å²) in [5.74, 6) is -0.182. The highest BCUT2D eigenvalue weighted by Crippen LogP contribution is 2.22. The van der Waals surface area contributed by atoms with Crippen molar-refractivity contribution in [2.45, 2.75) is 12.8 Å². The summed E-state index contributed by atoms with van der Waals surface area (Å²) < 4.78 is 1.67. The van der Waals surface area contributed by atoms with Crippen LogP contribution in [0.25, 0.3) is 0 Å². The molecule has 1 aliphatic rings. The molecule has 1 aliphatic heterocycles. The molecule has 0 spiro atoms. The van der Waals surface area contributed by atoms with Crippen LogP contribution in [0.5, 0.6) is 0 Å². The maximum absolute atomic E-state index is 12.7. The third-order valence-corrected chi connectivity index (χ3v) is 6.11. The Hall–Kier alpha value is -3.26. The molecule has 0 radical (unpaired) electrons. The van der Waals surface area contributed by atoms with Crippen molar-refractivity contribution in [1.82, 2.24) is 14.5 Å². The highest BCUT2D eigenvalue weighted by Gasteiger charge is 2.29. The molecule has 1 atom stereocenters. The topological polar surface area (TPSA) is 84.3 Å². The number of benzene rings is 1. The maximum Gasteiger partial charge on any atom is 0.263 e. The number of nitrogens with zero attached hydrogens (tertiary/aromatic N) is 3. The van der Waals surface area contributed by atoms with Crippen molar-refractivity contribution >= 4 is 34.6 Å². The van der Waals surface area contributed by atoms with E-state index in [1.807, 2.05) is 17.5 Å². The molecular formula is C22H22N4O3S. The lowest BCUT2D eigenvalue weighted by atomic mass is 9.96. The number of rotatable bonds is 5. The number of hydrogen-bond acceptors (Lipinski definition) is 5. The number of aryl methyl sites for hydroxylation is 1. The highest BCUT2D eigenvalue weighted by atomic mass is 32.1. The standard InChI is InChI=1S/C22H22N4O3S/c1-25-12-10-23-20(25)19(27)15-6-8-17(9-7-15)24-21(28)16-4-2-11-26(14-16)22(29)18-5-3-13-30-18/h3,5-10,12-13,16H,2,4,11,14H2,1H3,(H,24,28)/t16-/m0/s1. The molecule has 4 rings (SSSR count). The van der Waals surface area contributed by atoms with E-state index >= 15 is 0 Å². The summed E-state index contributed by atoms with van der Waals surface area (Å²) in [6.45, 7) is 1.09. The Morgan fingerprint density at radius 2 is 1.97 bits per heavy atom. The van der Waals surface area contributed by atoms with Gasteiger partial charge in [-0.1, -0.05) is 6.07 Å². The summed E-state index contributed by atoms with van der Waals surface area (Å²) in [4.78, 5) is 44.4. The normalized spacial score (nSPS) is 16.3. The van der Waals surface area contributed by atoms with E-state index in [1.165, 1.54) is 11.3 Å². The minimum Gasteiger partial charge on any atom is -0.337 e. The molecule has 1 saturated heterocycles. The molecule has 3 aromatic rings. The molecule has 1 aromatic carbocycles. The van der Waals surface area contributed by atoms with Crippen LogP contribution in [0.2, 0.25) is 0 Å². The van der Waals surface area contributed by atoms with Crippen LogP contribution in [-0.4, -0.2) is 45.1 Å². The fraction of sp³-hybridized carbons (Fsp3) is 0.273. The van der Waals surface area contributed by atoms with Crippen molar-refractivity contribution in [1.29, 1.82) is 0 Å². The molecule has 0 saturated carbocycles. The number of piperidine rings is 1. The van der Waals surface area contributed by atoms with Crippen molar-refractivity contribution in [3.8, 4) is 0 Å². The van der Waals surface area contributed by atoms with Crippen LogP contribution >= 0.6 is 11.3 Å². The van der Waals surface area contributed by atoms with Crippen LogP contribution in [-0.2, 0) is 11.8 Å². The van der Waals surface area contributed by atoms with Gasteiger partial charge in [-0.3, -0.25) is 14.4 Å². The zero-order valence-corrected chi connectivity index (χ0v) is 17.4. The summed E-state index contributed by atoms with van der Waals surface area (Å²) in [6.07, 6.45) is 4.85. The largest absolute Gasteiger partial charge is 0.337 e. The van der Waals surface area contributed by atoms with E-state index in [2.05, 4.69) is 10.3 Å². The van der Waals surface area contributed by atoms with Gasteiger partial charge in [-0.2, -0.15) is 0 Å². The van der Waals surface area contributed by atoms with E-state index in [0.29, 0.717) is 35.0 Å². The predicted molar refractivity (Wildman–Crippen MR) is 115 cm³/mol. The number of carbonyl (C=O) groups is 3. The fourth-order valence-electron chi connectivity index (χ4n) is 3.59. The molecule has 1 N–H and O–H groups in total. The van der Waals surface area contributed by atoms with Crippen LogP contribution in [0.15, 0.2) is 54.2 Å². The lowest BCUT2D eigenvalue weighted by Crippen LogP contribution is -2.43. The molecule has 1 fully saturated rings. The van der Waals surface area contributed by atoms with E-state index in [1.54, 1.807) is 53.2 Å². The number of anilines is 1. The number of likely N-dealkylation sites (tertiary alicyclic amines) is 1. The minimum absolute atomic E-state index is 0.0142. The van der Waals surface area contributed by atoms with Crippen molar-refractivity contribution in [2.75, 3.05) is 18.4 Å². The maximum atomic E-state index is 12.7. The third kappa shape index (κ3) is 4.18. The first-order valence-electron chi connectivity index (χ1n) is 9.78. The van der Waals surface area contributed by atoms with E-state index in [9.17, 15) is 14.4 Å². The first-order chi connectivity index (χ1) is 14.5. The zero-order chi connectivity index (χ0) is 21.1. The molecule has 2 amide bonds. The van der Waals surface area contributed by atoms with Crippen LogP contribution in [0.1, 0.15) is 38.7 Å². The van der Waals surface area contributed by atoms with Gasteiger partial charge >= 0.3 is 0 Å². The molecule has 0 bridgehead atoms. The Morgan fingerprint density at radius 3 is 2.63 bits per heavy atom. The second kappa shape index (κ2) is 8.62. The molecule has 0 aliphatic carbocycles. The Kier molecular flexibility index (Phi) is 5.76. The smallest absolute Gasteiger partial charge is 0.263 e. The van der Waals surface area contributed by atoms with Crippen molar-refractivity contribution in [3.63, 3.8) is 0 Å². The summed E-state index contributed by atoms with van der Waals surface area (Å²) in [5, 5.41) is 4.79. The number of thiophene rings is 1. The van der Waals surface area contributed by atoms with Crippen LogP contribution in [0.3, 0.4) is 0 Å². The predicted octanol–water partition coefficient (Wildman–Crippen LogP) is 3.20. The molecule has 30 heavy (non-hydrogen) atoms. The number of ketones is 1. The first kappa shape index (κ1) is 20.0. The Bertz CT molecular complexity index is 1060. The number of amides is 2. The molecule has 3 heterocycles. The number of aromatic nitrogens is 2. The molecular weight excluding hydrogens is 400 g/mol.